The number of nitrogens with two attached hydrogens (primary N) is 1. The third-order valence-electron chi connectivity index (χ3n) is 3.36. The van der Waals surface area contributed by atoms with Crippen molar-refractivity contribution in [1.82, 2.24) is 5.32 Å². The van der Waals surface area contributed by atoms with Gasteiger partial charge in [0.25, 0.3) is 0 Å². The van der Waals surface area contributed by atoms with Gasteiger partial charge in [0.15, 0.2) is 6.17 Å². The molecule has 5 nitrogen and oxygen atoms in total. The molecule has 2 aliphatic rings. The molecule has 0 radical (unpaired) electrons. The summed E-state index contributed by atoms with van der Waals surface area (Å²) >= 11 is 0. The molecule has 0 saturated carbocycles. The summed E-state index contributed by atoms with van der Waals surface area (Å²) in [6.07, 6.45) is 11.2. The van der Waals surface area contributed by atoms with Crippen LogP contribution in [0.4, 0.5) is 0 Å². The van der Waals surface area contributed by atoms with E-state index in [2.05, 4.69) is 21.4 Å². The summed E-state index contributed by atoms with van der Waals surface area (Å²) in [6, 6.07) is 0. The van der Waals surface area contributed by atoms with Crippen molar-refractivity contribution >= 4 is 17.5 Å². The molecular formula is C15H22N4O. The van der Waals surface area contributed by atoms with Gasteiger partial charge < -0.3 is 11.1 Å². The van der Waals surface area contributed by atoms with Gasteiger partial charge in [0, 0.05) is 18.1 Å². The first-order chi connectivity index (χ1) is 9.69. The van der Waals surface area contributed by atoms with Crippen LogP contribution in [0, 0.1) is 5.92 Å². The summed E-state index contributed by atoms with van der Waals surface area (Å²) in [4.78, 5) is 20.7. The molecule has 0 spiro atoms. The molecule has 2 aliphatic heterocycles. The molecule has 1 amide bonds. The SMILES string of the molecule is CC1=NC2N=C(NC(=O)CCCCCN)C=CC2C=C1. The minimum absolute atomic E-state index is 0.0101. The first-order valence-electron chi connectivity index (χ1n) is 7.17. The second-order valence-electron chi connectivity index (χ2n) is 5.14. The van der Waals surface area contributed by atoms with Crippen molar-refractivity contribution < 1.29 is 4.79 Å². The number of nitrogens with one attached hydrogen (secondary N) is 1. The van der Waals surface area contributed by atoms with Crippen LogP contribution in [0.2, 0.25) is 0 Å². The Bertz CT molecular complexity index is 476. The van der Waals surface area contributed by atoms with Gasteiger partial charge in [0.1, 0.15) is 5.84 Å². The fraction of sp³-hybridized carbons (Fsp3) is 0.533. The second-order valence-corrected chi connectivity index (χ2v) is 5.14. The number of carbonyl (C=O) groups is 1. The number of dihydropyridines is 2. The monoisotopic (exact) mass is 274 g/mol. The Labute approximate surface area is 119 Å². The average molecular weight is 274 g/mol. The molecule has 2 unspecified atom stereocenters. The molecular weight excluding hydrogens is 252 g/mol. The number of hydrogen-bond acceptors (Lipinski definition) is 4. The Balaban J connectivity index is 1.83. The van der Waals surface area contributed by atoms with Gasteiger partial charge in [-0.25, -0.2) is 4.99 Å². The maximum Gasteiger partial charge on any atom is 0.225 e. The van der Waals surface area contributed by atoms with Crippen LogP contribution in [0.3, 0.4) is 0 Å². The van der Waals surface area contributed by atoms with Gasteiger partial charge >= 0.3 is 0 Å². The van der Waals surface area contributed by atoms with Gasteiger partial charge in [-0.3, -0.25) is 9.79 Å². The number of nitrogens with zero attached hydrogens (tertiary/aromatic N) is 2. The molecule has 0 aliphatic carbocycles. The predicted octanol–water partition coefficient (Wildman–Crippen LogP) is 1.56. The van der Waals surface area contributed by atoms with E-state index in [9.17, 15) is 4.79 Å². The quantitative estimate of drug-likeness (QED) is 0.746. The average Bonchev–Trinajstić information content (AvgIpc) is 2.43. The Hall–Kier alpha value is -1.75. The summed E-state index contributed by atoms with van der Waals surface area (Å²) in [5.74, 6) is 0.835. The number of fused-ring (bicyclic) bond motifs is 1. The minimum Gasteiger partial charge on any atom is -0.330 e. The summed E-state index contributed by atoms with van der Waals surface area (Å²) in [5, 5.41) is 2.84. The molecule has 2 atom stereocenters. The number of carbonyl (C=O) groups excluding carboxylic acids is 1. The fourth-order valence-electron chi connectivity index (χ4n) is 2.24. The highest BCUT2D eigenvalue weighted by Crippen LogP contribution is 2.21. The van der Waals surface area contributed by atoms with E-state index in [1.54, 1.807) is 0 Å². The molecule has 3 N–H and O–H groups in total. The normalized spacial score (nSPS) is 23.9. The zero-order valence-electron chi connectivity index (χ0n) is 11.9. The summed E-state index contributed by atoms with van der Waals surface area (Å²) < 4.78 is 0. The van der Waals surface area contributed by atoms with Crippen molar-refractivity contribution in [2.45, 2.75) is 38.8 Å². The predicted molar refractivity (Wildman–Crippen MR) is 81.8 cm³/mol. The van der Waals surface area contributed by atoms with E-state index in [0.717, 1.165) is 25.0 Å². The van der Waals surface area contributed by atoms with Crippen molar-refractivity contribution in [2.24, 2.45) is 21.6 Å². The molecule has 5 heteroatoms. The van der Waals surface area contributed by atoms with E-state index < -0.39 is 0 Å². The molecule has 0 saturated heterocycles. The highest BCUT2D eigenvalue weighted by atomic mass is 16.1. The lowest BCUT2D eigenvalue weighted by Crippen LogP contribution is -2.33. The lowest BCUT2D eigenvalue weighted by atomic mass is 10.00. The van der Waals surface area contributed by atoms with E-state index in [1.807, 2.05) is 25.2 Å². The zero-order valence-corrected chi connectivity index (χ0v) is 11.9. The van der Waals surface area contributed by atoms with Gasteiger partial charge in [0.2, 0.25) is 5.91 Å². The Morgan fingerprint density at radius 3 is 2.85 bits per heavy atom. The number of unbranched alkanes of at least 4 members (excludes halogenated alkanes) is 2. The highest BCUT2D eigenvalue weighted by molar-refractivity contribution is 6.05. The van der Waals surface area contributed by atoms with Crippen LogP contribution in [-0.2, 0) is 4.79 Å². The van der Waals surface area contributed by atoms with Crippen LogP contribution < -0.4 is 11.1 Å². The van der Waals surface area contributed by atoms with Gasteiger partial charge in [-0.1, -0.05) is 18.6 Å². The molecule has 2 heterocycles. The zero-order chi connectivity index (χ0) is 14.4. The number of amidine groups is 1. The number of amides is 1. The number of allylic oxidation sites excluding steroid dienone is 1. The van der Waals surface area contributed by atoms with Crippen molar-refractivity contribution in [3.8, 4) is 0 Å². The Morgan fingerprint density at radius 2 is 2.05 bits per heavy atom. The van der Waals surface area contributed by atoms with E-state index >= 15 is 0 Å². The lowest BCUT2D eigenvalue weighted by Gasteiger charge is -2.23. The van der Waals surface area contributed by atoms with Gasteiger partial charge in [-0.15, -0.1) is 0 Å². The number of hydrogen-bond donors (Lipinski definition) is 2. The van der Waals surface area contributed by atoms with E-state index in [1.165, 1.54) is 0 Å². The Morgan fingerprint density at radius 1 is 1.25 bits per heavy atom. The molecule has 0 bridgehead atoms. The van der Waals surface area contributed by atoms with E-state index in [0.29, 0.717) is 18.8 Å². The van der Waals surface area contributed by atoms with Crippen LogP contribution in [0.15, 0.2) is 34.3 Å². The molecule has 0 aromatic carbocycles. The molecule has 0 fully saturated rings. The first kappa shape index (κ1) is 14.7. The van der Waals surface area contributed by atoms with E-state index in [4.69, 9.17) is 5.73 Å². The van der Waals surface area contributed by atoms with Crippen LogP contribution in [0.5, 0.6) is 0 Å². The largest absolute Gasteiger partial charge is 0.330 e. The number of rotatable bonds is 5. The lowest BCUT2D eigenvalue weighted by molar-refractivity contribution is -0.119. The van der Waals surface area contributed by atoms with Crippen LogP contribution in [0.25, 0.3) is 0 Å². The van der Waals surface area contributed by atoms with Crippen molar-refractivity contribution in [2.75, 3.05) is 6.54 Å². The van der Waals surface area contributed by atoms with Gasteiger partial charge in [0.05, 0.1) is 0 Å². The highest BCUT2D eigenvalue weighted by Gasteiger charge is 2.22. The maximum absolute atomic E-state index is 11.8. The number of aliphatic imine (C=N–C) groups is 2. The summed E-state index contributed by atoms with van der Waals surface area (Å²) in [5.41, 5.74) is 6.39. The first-order valence-corrected chi connectivity index (χ1v) is 7.17. The van der Waals surface area contributed by atoms with Gasteiger partial charge in [-0.05, 0) is 38.5 Å². The Kier molecular flexibility index (Phi) is 5.24. The summed E-state index contributed by atoms with van der Waals surface area (Å²) in [6.45, 7) is 2.64. The smallest absolute Gasteiger partial charge is 0.225 e. The second kappa shape index (κ2) is 7.14. The molecule has 0 aromatic rings. The van der Waals surface area contributed by atoms with Crippen molar-refractivity contribution in [3.63, 3.8) is 0 Å². The molecule has 20 heavy (non-hydrogen) atoms. The standard InChI is InChI=1S/C15H22N4O/c1-11-6-7-12-8-9-13(19-15(12)17-11)18-14(20)5-3-2-4-10-16/h6-9,12,15H,2-5,10,16H2,1H3,(H,18,19,20). The third kappa shape index (κ3) is 4.13. The van der Waals surface area contributed by atoms with Crippen LogP contribution in [-0.4, -0.2) is 30.2 Å². The van der Waals surface area contributed by atoms with Crippen molar-refractivity contribution in [1.29, 1.82) is 0 Å². The maximum atomic E-state index is 11.8. The van der Waals surface area contributed by atoms with E-state index in [-0.39, 0.29) is 18.0 Å². The molecule has 0 aromatic heterocycles. The third-order valence-corrected chi connectivity index (χ3v) is 3.36. The summed E-state index contributed by atoms with van der Waals surface area (Å²) in [7, 11) is 0. The molecule has 108 valence electrons. The topological polar surface area (TPSA) is 79.8 Å². The van der Waals surface area contributed by atoms with Crippen LogP contribution in [0.1, 0.15) is 32.6 Å². The van der Waals surface area contributed by atoms with Crippen molar-refractivity contribution in [3.05, 3.63) is 24.3 Å². The molecule has 2 rings (SSSR count). The fourth-order valence-corrected chi connectivity index (χ4v) is 2.24. The van der Waals surface area contributed by atoms with Crippen LogP contribution >= 0.6 is 0 Å². The minimum atomic E-state index is -0.127. The van der Waals surface area contributed by atoms with Gasteiger partial charge in [-0.2, -0.15) is 0 Å².